The molecule has 0 aliphatic rings. The lowest BCUT2D eigenvalue weighted by Gasteiger charge is -2.08. The predicted octanol–water partition coefficient (Wildman–Crippen LogP) is 4.39. The maximum atomic E-state index is 11.8. The van der Waals surface area contributed by atoms with Crippen LogP contribution in [0.1, 0.15) is 10.4 Å². The second-order valence-electron chi connectivity index (χ2n) is 4.26. The Morgan fingerprint density at radius 3 is 2.45 bits per heavy atom. The zero-order chi connectivity index (χ0) is 16.1. The number of ether oxygens (including phenoxy) is 1. The van der Waals surface area contributed by atoms with Crippen LogP contribution in [0.3, 0.4) is 0 Å². The molecule has 2 rings (SSSR count). The Morgan fingerprint density at radius 1 is 1.09 bits per heavy atom. The van der Waals surface area contributed by atoms with Crippen LogP contribution < -0.4 is 5.32 Å². The molecule has 2 aromatic carbocycles. The molecule has 0 saturated heterocycles. The first kappa shape index (κ1) is 17.1. The molecule has 0 fully saturated rings. The third-order valence-corrected chi connectivity index (χ3v) is 3.90. The fourth-order valence-electron chi connectivity index (χ4n) is 1.58. The van der Waals surface area contributed by atoms with E-state index in [-0.39, 0.29) is 0 Å². The van der Waals surface area contributed by atoms with E-state index >= 15 is 0 Å². The molecular formula is C15H10Cl2INO3. The summed E-state index contributed by atoms with van der Waals surface area (Å²) in [5.41, 5.74) is 0.749. The Hall–Kier alpha value is -1.31. The van der Waals surface area contributed by atoms with E-state index in [4.69, 9.17) is 27.9 Å². The molecule has 2 aromatic rings. The number of amides is 1. The molecule has 4 nitrogen and oxygen atoms in total. The van der Waals surface area contributed by atoms with E-state index < -0.39 is 18.5 Å². The van der Waals surface area contributed by atoms with Gasteiger partial charge in [-0.15, -0.1) is 0 Å². The van der Waals surface area contributed by atoms with E-state index in [9.17, 15) is 9.59 Å². The van der Waals surface area contributed by atoms with E-state index in [2.05, 4.69) is 27.9 Å². The molecule has 0 aliphatic heterocycles. The average Bonchev–Trinajstić information content (AvgIpc) is 2.49. The maximum Gasteiger partial charge on any atom is 0.338 e. The van der Waals surface area contributed by atoms with Gasteiger partial charge in [-0.1, -0.05) is 23.2 Å². The van der Waals surface area contributed by atoms with Crippen LogP contribution >= 0.6 is 45.8 Å². The summed E-state index contributed by atoms with van der Waals surface area (Å²) in [5.74, 6) is -1.06. The minimum absolute atomic E-state index is 0.349. The van der Waals surface area contributed by atoms with Crippen molar-refractivity contribution in [3.05, 3.63) is 61.6 Å². The average molecular weight is 450 g/mol. The highest BCUT2D eigenvalue weighted by molar-refractivity contribution is 14.1. The van der Waals surface area contributed by atoms with Gasteiger partial charge in [-0.25, -0.2) is 4.79 Å². The van der Waals surface area contributed by atoms with E-state index in [1.54, 1.807) is 36.4 Å². The summed E-state index contributed by atoms with van der Waals surface area (Å²) in [6.45, 7) is -0.409. The van der Waals surface area contributed by atoms with Gasteiger partial charge in [-0.05, 0) is 65.1 Å². The highest BCUT2D eigenvalue weighted by Crippen LogP contribution is 2.25. The Balaban J connectivity index is 1.91. The van der Waals surface area contributed by atoms with Crippen LogP contribution in [0.15, 0.2) is 42.5 Å². The normalized spacial score (nSPS) is 10.1. The third-order valence-electron chi connectivity index (χ3n) is 2.62. The number of anilines is 1. The van der Waals surface area contributed by atoms with Gasteiger partial charge in [0, 0.05) is 8.59 Å². The summed E-state index contributed by atoms with van der Waals surface area (Å²) < 4.78 is 5.94. The van der Waals surface area contributed by atoms with E-state index in [0.717, 1.165) is 3.57 Å². The number of hydrogen-bond acceptors (Lipinski definition) is 3. The van der Waals surface area contributed by atoms with Gasteiger partial charge in [-0.3, -0.25) is 4.79 Å². The van der Waals surface area contributed by atoms with Gasteiger partial charge in [0.1, 0.15) is 0 Å². The number of carbonyl (C=O) groups is 2. The van der Waals surface area contributed by atoms with Crippen LogP contribution in [-0.2, 0) is 9.53 Å². The van der Waals surface area contributed by atoms with Crippen molar-refractivity contribution in [1.82, 2.24) is 0 Å². The van der Waals surface area contributed by atoms with Crippen LogP contribution in [-0.4, -0.2) is 18.5 Å². The lowest BCUT2D eigenvalue weighted by atomic mass is 10.2. The van der Waals surface area contributed by atoms with Crippen LogP contribution in [0.5, 0.6) is 0 Å². The van der Waals surface area contributed by atoms with Crippen molar-refractivity contribution in [2.24, 2.45) is 0 Å². The van der Waals surface area contributed by atoms with E-state index in [1.807, 2.05) is 0 Å². The van der Waals surface area contributed by atoms with Crippen molar-refractivity contribution in [2.45, 2.75) is 0 Å². The summed E-state index contributed by atoms with van der Waals surface area (Å²) in [7, 11) is 0. The number of nitrogens with one attached hydrogen (secondary N) is 1. The first-order chi connectivity index (χ1) is 10.5. The number of benzene rings is 2. The summed E-state index contributed by atoms with van der Waals surface area (Å²) in [6, 6.07) is 11.5. The van der Waals surface area contributed by atoms with E-state index in [0.29, 0.717) is 21.3 Å². The summed E-state index contributed by atoms with van der Waals surface area (Å²) in [6.07, 6.45) is 0. The molecular weight excluding hydrogens is 440 g/mol. The predicted molar refractivity (Wildman–Crippen MR) is 94.5 cm³/mol. The number of rotatable bonds is 4. The highest BCUT2D eigenvalue weighted by Gasteiger charge is 2.11. The Labute approximate surface area is 150 Å². The second-order valence-corrected chi connectivity index (χ2v) is 6.34. The fraction of sp³-hybridized carbons (Fsp3) is 0.0667. The molecule has 0 aliphatic carbocycles. The van der Waals surface area contributed by atoms with Crippen molar-refractivity contribution in [1.29, 1.82) is 0 Å². The molecule has 1 N–H and O–H groups in total. The molecule has 0 radical (unpaired) electrons. The zero-order valence-electron chi connectivity index (χ0n) is 11.1. The van der Waals surface area contributed by atoms with Gasteiger partial charge < -0.3 is 10.1 Å². The molecule has 22 heavy (non-hydrogen) atoms. The number of hydrogen-bond donors (Lipinski definition) is 1. The first-order valence-electron chi connectivity index (χ1n) is 6.13. The van der Waals surface area contributed by atoms with E-state index in [1.165, 1.54) is 6.07 Å². The minimum atomic E-state index is -0.566. The molecule has 7 heteroatoms. The molecule has 1 amide bonds. The number of halogens is 3. The molecule has 0 aromatic heterocycles. The highest BCUT2D eigenvalue weighted by atomic mass is 127. The van der Waals surface area contributed by atoms with Gasteiger partial charge in [0.25, 0.3) is 5.91 Å². The number of esters is 1. The van der Waals surface area contributed by atoms with Crippen LogP contribution in [0.4, 0.5) is 5.69 Å². The van der Waals surface area contributed by atoms with Crippen molar-refractivity contribution in [2.75, 3.05) is 11.9 Å². The molecule has 0 saturated carbocycles. The van der Waals surface area contributed by atoms with Gasteiger partial charge >= 0.3 is 5.97 Å². The molecule has 0 atom stereocenters. The van der Waals surface area contributed by atoms with Crippen molar-refractivity contribution in [3.8, 4) is 0 Å². The van der Waals surface area contributed by atoms with Crippen LogP contribution in [0, 0.1) is 3.57 Å². The SMILES string of the molecule is O=C(COC(=O)c1ccc(I)cc1)Nc1cc(Cl)ccc1Cl. The van der Waals surface area contributed by atoms with Crippen LogP contribution in [0.2, 0.25) is 10.0 Å². The quantitative estimate of drug-likeness (QED) is 0.556. The zero-order valence-corrected chi connectivity index (χ0v) is 14.8. The van der Waals surface area contributed by atoms with Gasteiger partial charge in [0.2, 0.25) is 0 Å². The largest absolute Gasteiger partial charge is 0.452 e. The van der Waals surface area contributed by atoms with Gasteiger partial charge in [0.05, 0.1) is 16.3 Å². The van der Waals surface area contributed by atoms with Gasteiger partial charge in [0.15, 0.2) is 6.61 Å². The summed E-state index contributed by atoms with van der Waals surface area (Å²) in [4.78, 5) is 23.6. The van der Waals surface area contributed by atoms with Crippen molar-refractivity contribution >= 4 is 63.4 Å². The molecule has 0 bridgehead atoms. The topological polar surface area (TPSA) is 55.4 Å². The monoisotopic (exact) mass is 449 g/mol. The maximum absolute atomic E-state index is 11.8. The van der Waals surface area contributed by atoms with Gasteiger partial charge in [-0.2, -0.15) is 0 Å². The second kappa shape index (κ2) is 7.80. The smallest absolute Gasteiger partial charge is 0.338 e. The summed E-state index contributed by atoms with van der Waals surface area (Å²) >= 11 is 13.9. The summed E-state index contributed by atoms with van der Waals surface area (Å²) in [5, 5.41) is 3.32. The van der Waals surface area contributed by atoms with Crippen LogP contribution in [0.25, 0.3) is 0 Å². The standard InChI is InChI=1S/C15H10Cl2INO3/c16-10-3-6-12(17)13(7-10)19-14(20)8-22-15(21)9-1-4-11(18)5-2-9/h1-7H,8H2,(H,19,20). The number of carbonyl (C=O) groups excluding carboxylic acids is 2. The Kier molecular flexibility index (Phi) is 6.05. The lowest BCUT2D eigenvalue weighted by Crippen LogP contribution is -2.21. The molecule has 0 spiro atoms. The first-order valence-corrected chi connectivity index (χ1v) is 7.97. The Morgan fingerprint density at radius 2 is 1.77 bits per heavy atom. The van der Waals surface area contributed by atoms with Crippen molar-refractivity contribution in [3.63, 3.8) is 0 Å². The molecule has 0 unspecified atom stereocenters. The fourth-order valence-corrected chi connectivity index (χ4v) is 2.28. The lowest BCUT2D eigenvalue weighted by molar-refractivity contribution is -0.119. The van der Waals surface area contributed by atoms with Crippen molar-refractivity contribution < 1.29 is 14.3 Å². The molecule has 0 heterocycles. The minimum Gasteiger partial charge on any atom is -0.452 e. The Bertz CT molecular complexity index is 704. The third kappa shape index (κ3) is 4.86. The molecule has 114 valence electrons.